The van der Waals surface area contributed by atoms with E-state index in [0.29, 0.717) is 23.8 Å². The maximum atomic E-state index is 6.06. The van der Waals surface area contributed by atoms with Gasteiger partial charge in [-0.3, -0.25) is 0 Å². The highest BCUT2D eigenvalue weighted by atomic mass is 16.5. The highest BCUT2D eigenvalue weighted by Gasteiger charge is 2.49. The van der Waals surface area contributed by atoms with Gasteiger partial charge in [-0.2, -0.15) is 0 Å². The van der Waals surface area contributed by atoms with E-state index in [2.05, 4.69) is 38.8 Å². The number of aryl methyl sites for hydroxylation is 1. The first-order valence-corrected chi connectivity index (χ1v) is 10.2. The molecule has 0 bridgehead atoms. The normalized spacial score (nSPS) is 17.3. The molecule has 0 radical (unpaired) electrons. The number of hydrogen-bond donors (Lipinski definition) is 1. The molecule has 6 heteroatoms. The van der Waals surface area contributed by atoms with Gasteiger partial charge in [0.05, 0.1) is 12.6 Å². The fourth-order valence-electron chi connectivity index (χ4n) is 4.12. The second-order valence-corrected chi connectivity index (χ2v) is 8.03. The van der Waals surface area contributed by atoms with E-state index in [1.807, 2.05) is 36.5 Å². The lowest BCUT2D eigenvalue weighted by Gasteiger charge is -2.53. The highest BCUT2D eigenvalue weighted by Crippen LogP contribution is 2.45. The standard InChI is InChI=1S/C23H24N4O2/c1-2-22-25-9-10-27(22)14-18-11-20(29-26-18)8-5-17-3-6-19(7-4-17)28-21-12-23(13-21)15-24-16-23/h3-4,6-7,9-11,21,24H,2,12-16H2,1H3. The van der Waals surface area contributed by atoms with E-state index < -0.39 is 0 Å². The second kappa shape index (κ2) is 7.41. The summed E-state index contributed by atoms with van der Waals surface area (Å²) >= 11 is 0. The van der Waals surface area contributed by atoms with Gasteiger partial charge in [-0.25, -0.2) is 4.98 Å². The Labute approximate surface area is 170 Å². The summed E-state index contributed by atoms with van der Waals surface area (Å²) < 4.78 is 13.5. The molecule has 1 N–H and O–H groups in total. The van der Waals surface area contributed by atoms with Crippen LogP contribution < -0.4 is 10.1 Å². The summed E-state index contributed by atoms with van der Waals surface area (Å²) in [7, 11) is 0. The van der Waals surface area contributed by atoms with Crippen molar-refractivity contribution in [2.45, 2.75) is 38.8 Å². The lowest BCUT2D eigenvalue weighted by atomic mass is 9.63. The summed E-state index contributed by atoms with van der Waals surface area (Å²) in [5.41, 5.74) is 2.29. The van der Waals surface area contributed by atoms with Crippen molar-refractivity contribution in [2.75, 3.05) is 13.1 Å². The van der Waals surface area contributed by atoms with Gasteiger partial charge in [0.2, 0.25) is 5.76 Å². The number of hydrogen-bond acceptors (Lipinski definition) is 5. The molecule has 3 heterocycles. The Hall–Kier alpha value is -3.04. The molecule has 1 saturated carbocycles. The fraction of sp³-hybridized carbons (Fsp3) is 0.391. The fourth-order valence-corrected chi connectivity index (χ4v) is 4.12. The van der Waals surface area contributed by atoms with Gasteiger partial charge in [-0.1, -0.05) is 18.0 Å². The lowest BCUT2D eigenvalue weighted by molar-refractivity contribution is -0.0495. The molecule has 1 spiro atoms. The average molecular weight is 388 g/mol. The summed E-state index contributed by atoms with van der Waals surface area (Å²) in [5, 5.41) is 7.47. The Morgan fingerprint density at radius 3 is 2.79 bits per heavy atom. The molecule has 5 rings (SSSR count). The first kappa shape index (κ1) is 18.0. The Balaban J connectivity index is 1.18. The van der Waals surface area contributed by atoms with Crippen molar-refractivity contribution < 1.29 is 9.26 Å². The number of nitrogens with zero attached hydrogens (tertiary/aromatic N) is 3. The van der Waals surface area contributed by atoms with Crippen molar-refractivity contribution in [1.29, 1.82) is 0 Å². The Bertz CT molecular complexity index is 1040. The molecular weight excluding hydrogens is 364 g/mol. The number of imidazole rings is 1. The third-order valence-electron chi connectivity index (χ3n) is 5.82. The average Bonchev–Trinajstić information content (AvgIpc) is 3.31. The molecule has 29 heavy (non-hydrogen) atoms. The van der Waals surface area contributed by atoms with E-state index in [0.717, 1.165) is 55.2 Å². The quantitative estimate of drug-likeness (QED) is 0.681. The summed E-state index contributed by atoms with van der Waals surface area (Å²) in [6, 6.07) is 9.83. The maximum Gasteiger partial charge on any atom is 0.210 e. The summed E-state index contributed by atoms with van der Waals surface area (Å²) in [6.07, 6.45) is 7.32. The van der Waals surface area contributed by atoms with E-state index in [1.165, 1.54) is 0 Å². The van der Waals surface area contributed by atoms with E-state index in [-0.39, 0.29) is 0 Å². The van der Waals surface area contributed by atoms with Crippen LogP contribution in [-0.4, -0.2) is 33.9 Å². The van der Waals surface area contributed by atoms with Crippen LogP contribution in [0.5, 0.6) is 5.75 Å². The zero-order chi connectivity index (χ0) is 19.7. The minimum absolute atomic E-state index is 0.352. The minimum atomic E-state index is 0.352. The van der Waals surface area contributed by atoms with Crippen molar-refractivity contribution in [3.05, 3.63) is 65.6 Å². The van der Waals surface area contributed by atoms with Crippen LogP contribution in [0.1, 0.15) is 42.6 Å². The molecular formula is C23H24N4O2. The van der Waals surface area contributed by atoms with Gasteiger partial charge >= 0.3 is 0 Å². The molecule has 0 unspecified atom stereocenters. The van der Waals surface area contributed by atoms with Gasteiger partial charge in [-0.05, 0) is 43.0 Å². The van der Waals surface area contributed by atoms with Crippen molar-refractivity contribution in [3.8, 4) is 17.6 Å². The number of rotatable bonds is 5. The van der Waals surface area contributed by atoms with Crippen molar-refractivity contribution in [3.63, 3.8) is 0 Å². The van der Waals surface area contributed by atoms with E-state index in [9.17, 15) is 0 Å². The van der Waals surface area contributed by atoms with Gasteiger partial charge in [0, 0.05) is 48.9 Å². The van der Waals surface area contributed by atoms with Crippen LogP contribution in [0.15, 0.2) is 47.2 Å². The predicted molar refractivity (Wildman–Crippen MR) is 109 cm³/mol. The predicted octanol–water partition coefficient (Wildman–Crippen LogP) is 3.01. The van der Waals surface area contributed by atoms with E-state index >= 15 is 0 Å². The number of nitrogens with one attached hydrogen (secondary N) is 1. The molecule has 148 valence electrons. The molecule has 1 aliphatic heterocycles. The van der Waals surface area contributed by atoms with Crippen LogP contribution in [0, 0.1) is 17.3 Å². The second-order valence-electron chi connectivity index (χ2n) is 8.03. The summed E-state index contributed by atoms with van der Waals surface area (Å²) in [6.45, 7) is 5.02. The van der Waals surface area contributed by atoms with Gasteiger partial charge in [0.1, 0.15) is 17.3 Å². The van der Waals surface area contributed by atoms with Gasteiger partial charge in [-0.15, -0.1) is 0 Å². The molecule has 1 aromatic carbocycles. The minimum Gasteiger partial charge on any atom is -0.490 e. The highest BCUT2D eigenvalue weighted by molar-refractivity contribution is 5.42. The first-order chi connectivity index (χ1) is 14.2. The Kier molecular flexibility index (Phi) is 4.61. The third kappa shape index (κ3) is 3.79. The molecule has 2 aromatic heterocycles. The Morgan fingerprint density at radius 2 is 2.07 bits per heavy atom. The molecule has 1 aliphatic carbocycles. The lowest BCUT2D eigenvalue weighted by Crippen LogP contribution is -2.62. The number of benzene rings is 1. The topological polar surface area (TPSA) is 65.1 Å². The molecule has 0 atom stereocenters. The smallest absolute Gasteiger partial charge is 0.210 e. The zero-order valence-corrected chi connectivity index (χ0v) is 16.5. The van der Waals surface area contributed by atoms with Crippen LogP contribution in [0.4, 0.5) is 0 Å². The maximum absolute atomic E-state index is 6.06. The Morgan fingerprint density at radius 1 is 1.24 bits per heavy atom. The van der Waals surface area contributed by atoms with Gasteiger partial charge in [0.15, 0.2) is 0 Å². The molecule has 3 aromatic rings. The van der Waals surface area contributed by atoms with E-state index in [1.54, 1.807) is 6.20 Å². The van der Waals surface area contributed by atoms with Gasteiger partial charge < -0.3 is 19.1 Å². The first-order valence-electron chi connectivity index (χ1n) is 10.2. The zero-order valence-electron chi connectivity index (χ0n) is 16.5. The van der Waals surface area contributed by atoms with Crippen molar-refractivity contribution >= 4 is 0 Å². The van der Waals surface area contributed by atoms with Gasteiger partial charge in [0.25, 0.3) is 0 Å². The summed E-state index contributed by atoms with van der Waals surface area (Å²) in [4.78, 5) is 4.33. The number of ether oxygens (including phenoxy) is 1. The molecule has 2 fully saturated rings. The summed E-state index contributed by atoms with van der Waals surface area (Å²) in [5.74, 6) is 8.68. The number of aromatic nitrogens is 3. The molecule has 0 amide bonds. The van der Waals surface area contributed by atoms with Crippen LogP contribution in [0.2, 0.25) is 0 Å². The monoisotopic (exact) mass is 388 g/mol. The molecule has 1 saturated heterocycles. The van der Waals surface area contributed by atoms with Crippen LogP contribution >= 0.6 is 0 Å². The van der Waals surface area contributed by atoms with Crippen molar-refractivity contribution in [2.24, 2.45) is 5.41 Å². The van der Waals surface area contributed by atoms with Crippen molar-refractivity contribution in [1.82, 2.24) is 20.0 Å². The molecule has 2 aliphatic rings. The van der Waals surface area contributed by atoms with Crippen LogP contribution in [-0.2, 0) is 13.0 Å². The molecule has 6 nitrogen and oxygen atoms in total. The van der Waals surface area contributed by atoms with E-state index in [4.69, 9.17) is 9.26 Å². The van der Waals surface area contributed by atoms with Crippen LogP contribution in [0.3, 0.4) is 0 Å². The third-order valence-corrected chi connectivity index (χ3v) is 5.82. The largest absolute Gasteiger partial charge is 0.490 e. The van der Waals surface area contributed by atoms with Crippen LogP contribution in [0.25, 0.3) is 0 Å². The SMILES string of the molecule is CCc1nccn1Cc1cc(C#Cc2ccc(OC3CC4(CNC4)C3)cc2)on1.